The summed E-state index contributed by atoms with van der Waals surface area (Å²) in [5.74, 6) is -1.11. The molecule has 0 unspecified atom stereocenters. The second kappa shape index (κ2) is 7.54. The largest absolute Gasteiger partial charge is 0.291 e. The molecule has 0 fully saturated rings. The van der Waals surface area contributed by atoms with Crippen LogP contribution < -0.4 is 10.9 Å². The first kappa shape index (κ1) is 17.2. The Kier molecular flexibility index (Phi) is 4.62. The summed E-state index contributed by atoms with van der Waals surface area (Å²) < 4.78 is 1.47. The molecule has 0 atom stereocenters. The predicted molar refractivity (Wildman–Crippen MR) is 100 cm³/mol. The van der Waals surface area contributed by atoms with Crippen molar-refractivity contribution in [2.45, 2.75) is 0 Å². The number of aromatic amines is 1. The lowest BCUT2D eigenvalue weighted by Crippen LogP contribution is -2.42. The number of H-pyrrole nitrogens is 1. The number of nitrogens with one attached hydrogen (secondary N) is 3. The minimum absolute atomic E-state index is 0.0683. The zero-order chi connectivity index (χ0) is 19.3. The van der Waals surface area contributed by atoms with E-state index in [-0.39, 0.29) is 11.4 Å². The third kappa shape index (κ3) is 3.63. The van der Waals surface area contributed by atoms with E-state index in [0.717, 1.165) is 11.3 Å². The Hall–Kier alpha value is -4.27. The molecule has 4 aromatic rings. The predicted octanol–water partition coefficient (Wildman–Crippen LogP) is 1.73. The van der Waals surface area contributed by atoms with Gasteiger partial charge in [0, 0.05) is 5.56 Å². The average molecular weight is 373 g/mol. The van der Waals surface area contributed by atoms with E-state index in [2.05, 4.69) is 31.4 Å². The second-order valence-electron chi connectivity index (χ2n) is 5.83. The highest BCUT2D eigenvalue weighted by molar-refractivity contribution is 5.97. The third-order valence-corrected chi connectivity index (χ3v) is 3.93. The van der Waals surface area contributed by atoms with Crippen LogP contribution in [0.15, 0.2) is 72.9 Å². The van der Waals surface area contributed by atoms with Crippen LogP contribution in [0.25, 0.3) is 16.9 Å². The van der Waals surface area contributed by atoms with Crippen molar-refractivity contribution in [1.82, 2.24) is 36.0 Å². The number of hydrogen-bond donors (Lipinski definition) is 3. The number of hydrogen-bond acceptors (Lipinski definition) is 5. The van der Waals surface area contributed by atoms with Gasteiger partial charge in [-0.2, -0.15) is 5.10 Å². The van der Waals surface area contributed by atoms with E-state index in [1.807, 2.05) is 60.7 Å². The standard InChI is InChI=1S/C19H15N7O2/c27-18(16-11-15(20-21-16)13-7-3-1-4-8-13)23-24-19(28)17-12-26(25-22-17)14-9-5-2-6-10-14/h1-12H,(H,20,21)(H,23,27)(H,24,28). The fraction of sp³-hybridized carbons (Fsp3) is 0. The Morgan fingerprint density at radius 1 is 0.893 bits per heavy atom. The summed E-state index contributed by atoms with van der Waals surface area (Å²) in [5, 5.41) is 14.5. The Morgan fingerprint density at radius 3 is 2.32 bits per heavy atom. The van der Waals surface area contributed by atoms with Crippen molar-refractivity contribution in [3.05, 3.63) is 84.3 Å². The Bertz CT molecular complexity index is 1010. The SMILES string of the molecule is O=C(NNC(=O)c1cc(-c2ccccc2)n[nH]1)c1cn(-c2ccccc2)nn1. The highest BCUT2D eigenvalue weighted by Crippen LogP contribution is 2.16. The minimum atomic E-state index is -0.585. The fourth-order valence-electron chi connectivity index (χ4n) is 2.51. The molecule has 0 bridgehead atoms. The second-order valence-corrected chi connectivity index (χ2v) is 5.83. The van der Waals surface area contributed by atoms with E-state index in [4.69, 9.17) is 0 Å². The number of rotatable bonds is 4. The van der Waals surface area contributed by atoms with E-state index in [1.165, 1.54) is 10.9 Å². The maximum absolute atomic E-state index is 12.2. The lowest BCUT2D eigenvalue weighted by atomic mass is 10.1. The molecule has 0 saturated heterocycles. The molecule has 2 amide bonds. The van der Waals surface area contributed by atoms with Crippen LogP contribution in [0.1, 0.15) is 21.0 Å². The molecule has 28 heavy (non-hydrogen) atoms. The number of benzene rings is 2. The van der Waals surface area contributed by atoms with E-state index < -0.39 is 11.8 Å². The molecular weight excluding hydrogens is 358 g/mol. The van der Waals surface area contributed by atoms with E-state index in [9.17, 15) is 9.59 Å². The highest BCUT2D eigenvalue weighted by Gasteiger charge is 2.15. The van der Waals surface area contributed by atoms with Gasteiger partial charge < -0.3 is 0 Å². The van der Waals surface area contributed by atoms with Crippen molar-refractivity contribution in [3.8, 4) is 16.9 Å². The summed E-state index contributed by atoms with van der Waals surface area (Å²) in [5.41, 5.74) is 7.19. The van der Waals surface area contributed by atoms with Crippen LogP contribution in [0.4, 0.5) is 0 Å². The van der Waals surface area contributed by atoms with Crippen molar-refractivity contribution in [2.75, 3.05) is 0 Å². The first-order valence-corrected chi connectivity index (χ1v) is 8.40. The Balaban J connectivity index is 1.38. The smallest absolute Gasteiger partial charge is 0.272 e. The molecule has 9 heteroatoms. The molecule has 2 heterocycles. The van der Waals surface area contributed by atoms with Crippen molar-refractivity contribution in [2.24, 2.45) is 0 Å². The van der Waals surface area contributed by atoms with Gasteiger partial charge in [0.25, 0.3) is 11.8 Å². The van der Waals surface area contributed by atoms with E-state index in [1.54, 1.807) is 6.07 Å². The Labute approximate surface area is 159 Å². The van der Waals surface area contributed by atoms with Gasteiger partial charge in [0.05, 0.1) is 17.6 Å². The molecule has 0 aliphatic rings. The topological polar surface area (TPSA) is 118 Å². The summed E-state index contributed by atoms with van der Waals surface area (Å²) in [6.45, 7) is 0. The summed E-state index contributed by atoms with van der Waals surface area (Å²) in [6, 6.07) is 20.3. The molecule has 0 radical (unpaired) electrons. The summed E-state index contributed by atoms with van der Waals surface area (Å²) in [7, 11) is 0. The molecular formula is C19H15N7O2. The number of aromatic nitrogens is 5. The van der Waals surface area contributed by atoms with Crippen molar-refractivity contribution in [1.29, 1.82) is 0 Å². The maximum atomic E-state index is 12.2. The number of amides is 2. The first-order valence-electron chi connectivity index (χ1n) is 8.40. The maximum Gasteiger partial charge on any atom is 0.291 e. The van der Waals surface area contributed by atoms with Gasteiger partial charge in [-0.05, 0) is 18.2 Å². The van der Waals surface area contributed by atoms with Crippen LogP contribution in [-0.4, -0.2) is 37.0 Å². The van der Waals surface area contributed by atoms with Crippen molar-refractivity contribution in [3.63, 3.8) is 0 Å². The summed E-state index contributed by atoms with van der Waals surface area (Å²) in [6.07, 6.45) is 1.47. The van der Waals surface area contributed by atoms with Gasteiger partial charge in [-0.15, -0.1) is 5.10 Å². The Morgan fingerprint density at radius 2 is 1.57 bits per heavy atom. The normalized spacial score (nSPS) is 10.4. The molecule has 3 N–H and O–H groups in total. The summed E-state index contributed by atoms with van der Waals surface area (Å²) in [4.78, 5) is 24.4. The van der Waals surface area contributed by atoms with Gasteiger partial charge in [-0.3, -0.25) is 25.5 Å². The van der Waals surface area contributed by atoms with Crippen LogP contribution >= 0.6 is 0 Å². The van der Waals surface area contributed by atoms with Crippen LogP contribution in [0, 0.1) is 0 Å². The number of para-hydroxylation sites is 1. The lowest BCUT2D eigenvalue weighted by molar-refractivity contribution is 0.0841. The van der Waals surface area contributed by atoms with Gasteiger partial charge in [-0.1, -0.05) is 53.7 Å². The fourth-order valence-corrected chi connectivity index (χ4v) is 2.51. The average Bonchev–Trinajstić information content (AvgIpc) is 3.43. The van der Waals surface area contributed by atoms with Crippen LogP contribution in [-0.2, 0) is 0 Å². The van der Waals surface area contributed by atoms with Crippen LogP contribution in [0.3, 0.4) is 0 Å². The van der Waals surface area contributed by atoms with Crippen molar-refractivity contribution >= 4 is 11.8 Å². The highest BCUT2D eigenvalue weighted by atomic mass is 16.2. The van der Waals surface area contributed by atoms with Gasteiger partial charge >= 0.3 is 0 Å². The zero-order valence-electron chi connectivity index (χ0n) is 14.5. The quantitative estimate of drug-likeness (QED) is 0.471. The van der Waals surface area contributed by atoms with Gasteiger partial charge in [0.1, 0.15) is 5.69 Å². The van der Waals surface area contributed by atoms with Gasteiger partial charge in [0.15, 0.2) is 5.69 Å². The molecule has 9 nitrogen and oxygen atoms in total. The van der Waals surface area contributed by atoms with Crippen LogP contribution in [0.2, 0.25) is 0 Å². The molecule has 0 saturated carbocycles. The third-order valence-electron chi connectivity index (χ3n) is 3.93. The molecule has 0 aliphatic carbocycles. The van der Waals surface area contributed by atoms with Crippen molar-refractivity contribution < 1.29 is 9.59 Å². The number of carbonyl (C=O) groups is 2. The van der Waals surface area contributed by atoms with E-state index >= 15 is 0 Å². The molecule has 4 rings (SSSR count). The van der Waals surface area contributed by atoms with E-state index in [0.29, 0.717) is 5.69 Å². The molecule has 0 spiro atoms. The van der Waals surface area contributed by atoms with Crippen LogP contribution in [0.5, 0.6) is 0 Å². The molecule has 2 aromatic carbocycles. The molecule has 2 aromatic heterocycles. The summed E-state index contributed by atoms with van der Waals surface area (Å²) >= 11 is 0. The number of hydrazine groups is 1. The minimum Gasteiger partial charge on any atom is -0.272 e. The number of nitrogens with zero attached hydrogens (tertiary/aromatic N) is 4. The number of carbonyl (C=O) groups excluding carboxylic acids is 2. The first-order chi connectivity index (χ1) is 13.7. The lowest BCUT2D eigenvalue weighted by Gasteiger charge is -2.03. The molecule has 138 valence electrons. The van der Waals surface area contributed by atoms with Gasteiger partial charge in [0.2, 0.25) is 0 Å². The van der Waals surface area contributed by atoms with Gasteiger partial charge in [-0.25, -0.2) is 4.68 Å². The monoisotopic (exact) mass is 373 g/mol. The molecule has 0 aliphatic heterocycles. The zero-order valence-corrected chi connectivity index (χ0v) is 14.5.